The van der Waals surface area contributed by atoms with E-state index in [1.807, 2.05) is 6.07 Å². The van der Waals surface area contributed by atoms with Crippen LogP contribution >= 0.6 is 0 Å². The highest BCUT2D eigenvalue weighted by Gasteiger charge is 2.46. The Balaban J connectivity index is 2.07. The number of amides is 1. The van der Waals surface area contributed by atoms with Gasteiger partial charge in [0.1, 0.15) is 5.82 Å². The van der Waals surface area contributed by atoms with Crippen LogP contribution < -0.4 is 5.73 Å². The summed E-state index contributed by atoms with van der Waals surface area (Å²) in [5.74, 6) is 0.104. The molecule has 1 saturated carbocycles. The molecule has 3 rings (SSSR count). The lowest BCUT2D eigenvalue weighted by Gasteiger charge is -2.25. The summed E-state index contributed by atoms with van der Waals surface area (Å²) in [4.78, 5) is 11.7. The first kappa shape index (κ1) is 10.8. The van der Waals surface area contributed by atoms with Crippen molar-refractivity contribution in [3.05, 3.63) is 35.1 Å². The molecule has 1 aromatic carbocycles. The van der Waals surface area contributed by atoms with Gasteiger partial charge in [-0.1, -0.05) is 6.07 Å². The van der Waals surface area contributed by atoms with Crippen LogP contribution in [0.2, 0.25) is 0 Å². The third kappa shape index (κ3) is 1.65. The second kappa shape index (κ2) is 3.56. The second-order valence-electron chi connectivity index (χ2n) is 5.55. The molecule has 17 heavy (non-hydrogen) atoms. The predicted molar refractivity (Wildman–Crippen MR) is 62.8 cm³/mol. The Morgan fingerprint density at radius 1 is 1.41 bits per heavy atom. The highest BCUT2D eigenvalue weighted by atomic mass is 19.1. The fraction of sp³-hybridized carbons (Fsp3) is 0.500. The van der Waals surface area contributed by atoms with Gasteiger partial charge >= 0.3 is 0 Å². The molecule has 2 bridgehead atoms. The summed E-state index contributed by atoms with van der Waals surface area (Å²) in [7, 11) is 0. The molecular weight excluding hydrogens is 217 g/mol. The lowest BCUT2D eigenvalue weighted by Crippen LogP contribution is -2.36. The van der Waals surface area contributed by atoms with E-state index in [4.69, 9.17) is 5.73 Å². The van der Waals surface area contributed by atoms with Crippen molar-refractivity contribution >= 4 is 5.91 Å². The third-order valence-electron chi connectivity index (χ3n) is 4.44. The summed E-state index contributed by atoms with van der Waals surface area (Å²) in [5, 5.41) is 0. The van der Waals surface area contributed by atoms with Crippen LogP contribution in [0.3, 0.4) is 0 Å². The zero-order valence-electron chi connectivity index (χ0n) is 9.71. The largest absolute Gasteiger partial charge is 0.369 e. The molecule has 1 aromatic rings. The molecule has 2 aliphatic carbocycles. The molecule has 2 nitrogen and oxygen atoms in total. The van der Waals surface area contributed by atoms with Crippen molar-refractivity contribution in [3.63, 3.8) is 0 Å². The van der Waals surface area contributed by atoms with Crippen molar-refractivity contribution in [2.45, 2.75) is 32.1 Å². The molecule has 2 atom stereocenters. The van der Waals surface area contributed by atoms with Crippen LogP contribution in [0.15, 0.2) is 18.2 Å². The highest BCUT2D eigenvalue weighted by Crippen LogP contribution is 2.48. The van der Waals surface area contributed by atoms with E-state index < -0.39 is 5.41 Å². The third-order valence-corrected chi connectivity index (χ3v) is 4.44. The maximum atomic E-state index is 13.3. The van der Waals surface area contributed by atoms with Gasteiger partial charge in [0.05, 0.1) is 5.41 Å². The minimum Gasteiger partial charge on any atom is -0.369 e. The number of carbonyl (C=O) groups is 1. The summed E-state index contributed by atoms with van der Waals surface area (Å²) >= 11 is 0. The summed E-state index contributed by atoms with van der Waals surface area (Å²) < 4.78 is 13.3. The summed E-state index contributed by atoms with van der Waals surface area (Å²) in [6.45, 7) is 0. The molecule has 2 aliphatic rings. The van der Waals surface area contributed by atoms with Crippen LogP contribution in [-0.4, -0.2) is 5.91 Å². The van der Waals surface area contributed by atoms with Crippen LogP contribution in [0.5, 0.6) is 0 Å². The molecule has 3 heteroatoms. The molecule has 90 valence electrons. The van der Waals surface area contributed by atoms with Gasteiger partial charge in [-0.05, 0) is 61.3 Å². The van der Waals surface area contributed by atoms with Gasteiger partial charge in [0.2, 0.25) is 5.91 Å². The standard InChI is InChI=1S/C14H16FNO/c15-12-2-1-10-5-9-3-4-14(7-9,13(16)17)8-11(10)6-12/h1-2,6,9H,3-5,7-8H2,(H2,16,17). The Labute approximate surface area is 100 Å². The van der Waals surface area contributed by atoms with Gasteiger partial charge in [-0.25, -0.2) is 4.39 Å². The van der Waals surface area contributed by atoms with E-state index in [0.29, 0.717) is 12.3 Å². The number of benzene rings is 1. The number of hydrogen-bond acceptors (Lipinski definition) is 1. The number of halogens is 1. The summed E-state index contributed by atoms with van der Waals surface area (Å²) in [6.07, 6.45) is 4.39. The Morgan fingerprint density at radius 3 is 3.00 bits per heavy atom. The smallest absolute Gasteiger partial charge is 0.223 e. The molecule has 0 aliphatic heterocycles. The Morgan fingerprint density at radius 2 is 2.24 bits per heavy atom. The van der Waals surface area contributed by atoms with Crippen molar-refractivity contribution < 1.29 is 9.18 Å². The number of rotatable bonds is 1. The fourth-order valence-corrected chi connectivity index (χ4v) is 3.52. The number of nitrogens with two attached hydrogens (primary N) is 1. The van der Waals surface area contributed by atoms with Gasteiger partial charge in [0, 0.05) is 0 Å². The first-order valence-electron chi connectivity index (χ1n) is 6.16. The van der Waals surface area contributed by atoms with Crippen LogP contribution in [0.1, 0.15) is 30.4 Å². The van der Waals surface area contributed by atoms with E-state index >= 15 is 0 Å². The monoisotopic (exact) mass is 233 g/mol. The van der Waals surface area contributed by atoms with Crippen molar-refractivity contribution in [2.75, 3.05) is 0 Å². The Kier molecular flexibility index (Phi) is 2.25. The van der Waals surface area contributed by atoms with Crippen LogP contribution in [-0.2, 0) is 17.6 Å². The molecule has 2 unspecified atom stereocenters. The predicted octanol–water partition coefficient (Wildman–Crippen LogP) is 2.20. The fourth-order valence-electron chi connectivity index (χ4n) is 3.52. The van der Waals surface area contributed by atoms with E-state index in [1.54, 1.807) is 6.07 Å². The van der Waals surface area contributed by atoms with Gasteiger partial charge in [-0.15, -0.1) is 0 Å². The van der Waals surface area contributed by atoms with Crippen molar-refractivity contribution in [1.29, 1.82) is 0 Å². The zero-order chi connectivity index (χ0) is 12.0. The van der Waals surface area contributed by atoms with E-state index in [9.17, 15) is 9.18 Å². The number of fused-ring (bicyclic) bond motifs is 3. The lowest BCUT2D eigenvalue weighted by molar-refractivity contribution is -0.127. The minimum atomic E-state index is -0.413. The van der Waals surface area contributed by atoms with Crippen molar-refractivity contribution in [3.8, 4) is 0 Å². The molecular formula is C14H16FNO. The molecule has 1 fully saturated rings. The maximum Gasteiger partial charge on any atom is 0.223 e. The SMILES string of the molecule is NC(=O)C12CCC(Cc3ccc(F)cc3C1)C2. The quantitative estimate of drug-likeness (QED) is 0.794. The number of carbonyl (C=O) groups excluding carboxylic acids is 1. The second-order valence-corrected chi connectivity index (χ2v) is 5.55. The molecule has 0 radical (unpaired) electrons. The summed E-state index contributed by atoms with van der Waals surface area (Å²) in [5.41, 5.74) is 7.33. The topological polar surface area (TPSA) is 43.1 Å². The maximum absolute atomic E-state index is 13.3. The van der Waals surface area contributed by atoms with Gasteiger partial charge in [-0.2, -0.15) is 0 Å². The molecule has 0 heterocycles. The Hall–Kier alpha value is -1.38. The molecule has 0 aromatic heterocycles. The number of hydrogen-bond donors (Lipinski definition) is 1. The first-order valence-corrected chi connectivity index (χ1v) is 6.16. The van der Waals surface area contributed by atoms with Gasteiger partial charge < -0.3 is 5.73 Å². The molecule has 0 saturated heterocycles. The number of primary amides is 1. The van der Waals surface area contributed by atoms with E-state index in [0.717, 1.165) is 31.2 Å². The van der Waals surface area contributed by atoms with E-state index in [1.165, 1.54) is 11.6 Å². The van der Waals surface area contributed by atoms with Crippen LogP contribution in [0, 0.1) is 17.2 Å². The molecule has 1 amide bonds. The minimum absolute atomic E-state index is 0.211. The van der Waals surface area contributed by atoms with E-state index in [-0.39, 0.29) is 11.7 Å². The van der Waals surface area contributed by atoms with Gasteiger partial charge in [0.25, 0.3) is 0 Å². The van der Waals surface area contributed by atoms with Crippen molar-refractivity contribution in [1.82, 2.24) is 0 Å². The van der Waals surface area contributed by atoms with E-state index in [2.05, 4.69) is 0 Å². The zero-order valence-corrected chi connectivity index (χ0v) is 9.71. The molecule has 2 N–H and O–H groups in total. The van der Waals surface area contributed by atoms with Gasteiger partial charge in [0.15, 0.2) is 0 Å². The normalized spacial score (nSPS) is 30.8. The lowest BCUT2D eigenvalue weighted by atomic mass is 9.79. The first-order chi connectivity index (χ1) is 8.09. The summed E-state index contributed by atoms with van der Waals surface area (Å²) in [6, 6.07) is 4.94. The molecule has 0 spiro atoms. The van der Waals surface area contributed by atoms with Gasteiger partial charge in [-0.3, -0.25) is 4.79 Å². The van der Waals surface area contributed by atoms with Crippen LogP contribution in [0.25, 0.3) is 0 Å². The Bertz CT molecular complexity index is 485. The highest BCUT2D eigenvalue weighted by molar-refractivity contribution is 5.81. The average molecular weight is 233 g/mol. The van der Waals surface area contributed by atoms with Crippen LogP contribution in [0.4, 0.5) is 4.39 Å². The average Bonchev–Trinajstić information content (AvgIpc) is 2.57. The van der Waals surface area contributed by atoms with Crippen molar-refractivity contribution in [2.24, 2.45) is 17.1 Å².